The van der Waals surface area contributed by atoms with Crippen molar-refractivity contribution in [3.63, 3.8) is 0 Å². The molecule has 1 aromatic carbocycles. The van der Waals surface area contributed by atoms with Gasteiger partial charge in [-0.3, -0.25) is 4.79 Å². The van der Waals surface area contributed by atoms with Gasteiger partial charge in [0.2, 0.25) is 10.0 Å². The lowest BCUT2D eigenvalue weighted by Crippen LogP contribution is -2.26. The molecule has 1 amide bonds. The number of primary sulfonamides is 1. The summed E-state index contributed by atoms with van der Waals surface area (Å²) in [6.07, 6.45) is 1.44. The zero-order valence-electron chi connectivity index (χ0n) is 11.1. The fourth-order valence-electron chi connectivity index (χ4n) is 1.52. The molecule has 0 aliphatic rings. The molecule has 0 atom stereocenters. The summed E-state index contributed by atoms with van der Waals surface area (Å²) in [5.74, 6) is -1.47. The first-order chi connectivity index (χ1) is 9.36. The van der Waals surface area contributed by atoms with E-state index in [0.717, 1.165) is 24.6 Å². The van der Waals surface area contributed by atoms with Gasteiger partial charge in [0.25, 0.3) is 5.91 Å². The molecular weight excluding hydrogens is 287 g/mol. The number of hydrogen-bond acceptors (Lipinski definition) is 4. The number of carbonyl (C=O) groups excluding carboxylic acids is 1. The summed E-state index contributed by atoms with van der Waals surface area (Å²) in [5.41, 5.74) is -0.344. The van der Waals surface area contributed by atoms with Crippen LogP contribution in [0.4, 0.5) is 4.39 Å². The molecule has 0 aliphatic carbocycles. The molecule has 0 saturated carbocycles. The second kappa shape index (κ2) is 7.32. The Labute approximate surface area is 117 Å². The average molecular weight is 304 g/mol. The molecular formula is C12H17FN2O4S. The number of nitrogens with two attached hydrogens (primary N) is 1. The van der Waals surface area contributed by atoms with Crippen LogP contribution in [-0.4, -0.2) is 34.6 Å². The molecule has 0 unspecified atom stereocenters. The highest BCUT2D eigenvalue weighted by Gasteiger charge is 2.16. The number of nitrogens with one attached hydrogen (secondary N) is 1. The summed E-state index contributed by atoms with van der Waals surface area (Å²) in [6.45, 7) is 0.923. The fourth-order valence-corrected chi connectivity index (χ4v) is 2.06. The number of halogens is 1. The smallest absolute Gasteiger partial charge is 0.254 e. The Morgan fingerprint density at radius 1 is 1.40 bits per heavy atom. The Morgan fingerprint density at radius 3 is 2.70 bits per heavy atom. The largest absolute Gasteiger partial charge is 0.385 e. The summed E-state index contributed by atoms with van der Waals surface area (Å²) in [4.78, 5) is 11.5. The van der Waals surface area contributed by atoms with E-state index in [1.807, 2.05) is 0 Å². The Morgan fingerprint density at radius 2 is 2.10 bits per heavy atom. The number of carbonyl (C=O) groups is 1. The Bertz CT molecular complexity index is 575. The molecule has 0 radical (unpaired) electrons. The molecule has 0 aliphatic heterocycles. The van der Waals surface area contributed by atoms with Crippen LogP contribution in [0, 0.1) is 5.82 Å². The number of sulfonamides is 1. The number of rotatable bonds is 7. The van der Waals surface area contributed by atoms with Crippen molar-refractivity contribution < 1.29 is 22.3 Å². The van der Waals surface area contributed by atoms with Crippen molar-refractivity contribution in [2.45, 2.75) is 17.7 Å². The van der Waals surface area contributed by atoms with Crippen molar-refractivity contribution in [3.8, 4) is 0 Å². The number of methoxy groups -OCH3 is 1. The standard InChI is InChI=1S/C12H17FN2O4S/c1-19-7-3-2-6-15-12(16)10-8-9(20(14,17)18)4-5-11(10)13/h4-5,8H,2-3,6-7H2,1H3,(H,15,16)(H2,14,17,18). The van der Waals surface area contributed by atoms with E-state index in [2.05, 4.69) is 5.32 Å². The minimum atomic E-state index is -3.97. The van der Waals surface area contributed by atoms with Crippen LogP contribution < -0.4 is 10.5 Å². The van der Waals surface area contributed by atoms with Crippen LogP contribution in [0.5, 0.6) is 0 Å². The van der Waals surface area contributed by atoms with Gasteiger partial charge in [0.05, 0.1) is 10.5 Å². The fraction of sp³-hybridized carbons (Fsp3) is 0.417. The van der Waals surface area contributed by atoms with Gasteiger partial charge in [-0.1, -0.05) is 0 Å². The number of benzene rings is 1. The highest BCUT2D eigenvalue weighted by atomic mass is 32.2. The third-order valence-electron chi connectivity index (χ3n) is 2.57. The van der Waals surface area contributed by atoms with Crippen molar-refractivity contribution >= 4 is 15.9 Å². The van der Waals surface area contributed by atoms with Crippen LogP contribution in [0.1, 0.15) is 23.2 Å². The maximum absolute atomic E-state index is 13.5. The molecule has 0 saturated heterocycles. The number of amides is 1. The van der Waals surface area contributed by atoms with Crippen molar-refractivity contribution in [1.82, 2.24) is 5.32 Å². The van der Waals surface area contributed by atoms with Gasteiger partial charge in [0.1, 0.15) is 5.82 Å². The number of hydrogen-bond donors (Lipinski definition) is 2. The molecule has 0 bridgehead atoms. The van der Waals surface area contributed by atoms with E-state index in [1.54, 1.807) is 7.11 Å². The molecule has 6 nitrogen and oxygen atoms in total. The second-order valence-corrected chi connectivity index (χ2v) is 5.70. The molecule has 0 aromatic heterocycles. The van der Waals surface area contributed by atoms with Gasteiger partial charge in [-0.15, -0.1) is 0 Å². The van der Waals surface area contributed by atoms with E-state index in [-0.39, 0.29) is 10.5 Å². The predicted molar refractivity (Wildman–Crippen MR) is 71.2 cm³/mol. The first-order valence-electron chi connectivity index (χ1n) is 5.95. The van der Waals surface area contributed by atoms with E-state index >= 15 is 0 Å². The third-order valence-corrected chi connectivity index (χ3v) is 3.48. The molecule has 112 valence electrons. The van der Waals surface area contributed by atoms with Gasteiger partial charge in [0.15, 0.2) is 0 Å². The van der Waals surface area contributed by atoms with E-state index in [1.165, 1.54) is 0 Å². The first kappa shape index (κ1) is 16.5. The maximum Gasteiger partial charge on any atom is 0.254 e. The van der Waals surface area contributed by atoms with E-state index in [4.69, 9.17) is 9.88 Å². The van der Waals surface area contributed by atoms with E-state index in [9.17, 15) is 17.6 Å². The quantitative estimate of drug-likeness (QED) is 0.722. The molecule has 20 heavy (non-hydrogen) atoms. The summed E-state index contributed by atoms with van der Waals surface area (Å²) in [7, 11) is -2.40. The predicted octanol–water partition coefficient (Wildman–Crippen LogP) is 0.630. The van der Waals surface area contributed by atoms with Gasteiger partial charge in [-0.05, 0) is 31.0 Å². The third kappa shape index (κ3) is 4.87. The summed E-state index contributed by atoms with van der Waals surface area (Å²) in [5, 5.41) is 7.44. The average Bonchev–Trinajstić information content (AvgIpc) is 2.37. The molecule has 0 fully saturated rings. The Balaban J connectivity index is 2.72. The lowest BCUT2D eigenvalue weighted by atomic mass is 10.2. The molecule has 0 heterocycles. The Hall–Kier alpha value is -1.51. The van der Waals surface area contributed by atoms with E-state index in [0.29, 0.717) is 19.6 Å². The Kier molecular flexibility index (Phi) is 6.05. The van der Waals surface area contributed by atoms with Crippen LogP contribution in [-0.2, 0) is 14.8 Å². The lowest BCUT2D eigenvalue weighted by molar-refractivity contribution is 0.0947. The molecule has 1 rings (SSSR count). The SMILES string of the molecule is COCCCCNC(=O)c1cc(S(N)(=O)=O)ccc1F. The molecule has 0 spiro atoms. The van der Waals surface area contributed by atoms with Crippen LogP contribution >= 0.6 is 0 Å². The highest BCUT2D eigenvalue weighted by Crippen LogP contribution is 2.14. The topological polar surface area (TPSA) is 98.5 Å². The molecule has 8 heteroatoms. The monoisotopic (exact) mass is 304 g/mol. The van der Waals surface area contributed by atoms with Crippen LogP contribution in [0.15, 0.2) is 23.1 Å². The normalized spacial score (nSPS) is 11.3. The lowest BCUT2D eigenvalue weighted by Gasteiger charge is -2.07. The van der Waals surface area contributed by atoms with Gasteiger partial charge in [-0.2, -0.15) is 0 Å². The van der Waals surface area contributed by atoms with Crippen LogP contribution in [0.2, 0.25) is 0 Å². The van der Waals surface area contributed by atoms with Crippen molar-refractivity contribution in [3.05, 3.63) is 29.6 Å². The minimum absolute atomic E-state index is 0.302. The minimum Gasteiger partial charge on any atom is -0.385 e. The summed E-state index contributed by atoms with van der Waals surface area (Å²) < 4.78 is 40.7. The van der Waals surface area contributed by atoms with Gasteiger partial charge in [0, 0.05) is 20.3 Å². The zero-order valence-corrected chi connectivity index (χ0v) is 11.9. The van der Waals surface area contributed by atoms with Gasteiger partial charge in [-0.25, -0.2) is 17.9 Å². The number of unbranched alkanes of at least 4 members (excludes halogenated alkanes) is 1. The van der Waals surface area contributed by atoms with Crippen LogP contribution in [0.25, 0.3) is 0 Å². The van der Waals surface area contributed by atoms with Crippen molar-refractivity contribution in [2.24, 2.45) is 5.14 Å². The van der Waals surface area contributed by atoms with E-state index < -0.39 is 21.7 Å². The second-order valence-electron chi connectivity index (χ2n) is 4.14. The van der Waals surface area contributed by atoms with Gasteiger partial charge < -0.3 is 10.1 Å². The molecule has 3 N–H and O–H groups in total. The van der Waals surface area contributed by atoms with Crippen molar-refractivity contribution in [2.75, 3.05) is 20.3 Å². The van der Waals surface area contributed by atoms with Crippen molar-refractivity contribution in [1.29, 1.82) is 0 Å². The first-order valence-corrected chi connectivity index (χ1v) is 7.50. The zero-order chi connectivity index (χ0) is 15.2. The maximum atomic E-state index is 13.5. The van der Waals surface area contributed by atoms with Crippen LogP contribution in [0.3, 0.4) is 0 Å². The summed E-state index contributed by atoms with van der Waals surface area (Å²) >= 11 is 0. The molecule has 1 aromatic rings. The van der Waals surface area contributed by atoms with Gasteiger partial charge >= 0.3 is 0 Å². The summed E-state index contributed by atoms with van der Waals surface area (Å²) in [6, 6.07) is 2.84. The number of ether oxygens (including phenoxy) is 1. The highest BCUT2D eigenvalue weighted by molar-refractivity contribution is 7.89.